The number of H-pyrrole nitrogens is 1. The van der Waals surface area contributed by atoms with Gasteiger partial charge in [0.1, 0.15) is 5.69 Å². The monoisotopic (exact) mass is 215 g/mol. The van der Waals surface area contributed by atoms with E-state index >= 15 is 0 Å². The molecule has 3 N–H and O–H groups in total. The van der Waals surface area contributed by atoms with Gasteiger partial charge >= 0.3 is 0 Å². The normalized spacial score (nSPS) is 10.2. The Morgan fingerprint density at radius 1 is 1.25 bits per heavy atom. The summed E-state index contributed by atoms with van der Waals surface area (Å²) in [6, 6.07) is 11.8. The van der Waals surface area contributed by atoms with Crippen LogP contribution in [0.2, 0.25) is 0 Å². The van der Waals surface area contributed by atoms with Crippen LogP contribution in [0.5, 0.6) is 0 Å². The lowest BCUT2D eigenvalue weighted by molar-refractivity contribution is 0.0995. The summed E-state index contributed by atoms with van der Waals surface area (Å²) in [5.41, 5.74) is 7.60. The Hall–Kier alpha value is -2.10. The molecule has 1 aromatic carbocycles. The van der Waals surface area contributed by atoms with E-state index in [0.29, 0.717) is 5.69 Å². The third-order valence-corrected chi connectivity index (χ3v) is 2.41. The summed E-state index contributed by atoms with van der Waals surface area (Å²) in [6.45, 7) is 0. The van der Waals surface area contributed by atoms with Gasteiger partial charge in [-0.15, -0.1) is 0 Å². The molecule has 16 heavy (non-hydrogen) atoms. The van der Waals surface area contributed by atoms with E-state index in [0.717, 1.165) is 18.5 Å². The Labute approximate surface area is 93.5 Å². The van der Waals surface area contributed by atoms with Crippen molar-refractivity contribution in [1.82, 2.24) is 10.2 Å². The van der Waals surface area contributed by atoms with Gasteiger partial charge in [0.15, 0.2) is 0 Å². The zero-order valence-electron chi connectivity index (χ0n) is 8.81. The van der Waals surface area contributed by atoms with E-state index in [1.807, 2.05) is 18.2 Å². The topological polar surface area (TPSA) is 71.8 Å². The number of aromatic amines is 1. The van der Waals surface area contributed by atoms with Crippen LogP contribution in [-0.2, 0) is 12.8 Å². The van der Waals surface area contributed by atoms with Crippen LogP contribution in [0, 0.1) is 0 Å². The highest BCUT2D eigenvalue weighted by Crippen LogP contribution is 2.06. The Kier molecular flexibility index (Phi) is 3.00. The first-order valence-corrected chi connectivity index (χ1v) is 5.14. The molecular weight excluding hydrogens is 202 g/mol. The molecule has 0 saturated carbocycles. The molecule has 0 spiro atoms. The number of aromatic nitrogens is 2. The molecule has 0 atom stereocenters. The van der Waals surface area contributed by atoms with Crippen molar-refractivity contribution in [3.05, 3.63) is 53.3 Å². The lowest BCUT2D eigenvalue weighted by Crippen LogP contribution is -2.11. The van der Waals surface area contributed by atoms with Crippen molar-refractivity contribution >= 4 is 5.91 Å². The summed E-state index contributed by atoms with van der Waals surface area (Å²) in [5, 5.41) is 6.64. The maximum atomic E-state index is 10.8. The fourth-order valence-corrected chi connectivity index (χ4v) is 1.53. The van der Waals surface area contributed by atoms with E-state index in [1.165, 1.54) is 5.56 Å². The van der Waals surface area contributed by atoms with Crippen LogP contribution in [0.1, 0.15) is 21.7 Å². The smallest absolute Gasteiger partial charge is 0.266 e. The number of primary amides is 1. The first kappa shape index (κ1) is 10.4. The summed E-state index contributed by atoms with van der Waals surface area (Å²) in [5.74, 6) is -0.474. The van der Waals surface area contributed by atoms with Crippen molar-refractivity contribution in [2.45, 2.75) is 12.8 Å². The molecule has 0 bridgehead atoms. The number of nitrogens with two attached hydrogens (primary N) is 1. The Morgan fingerprint density at radius 3 is 2.62 bits per heavy atom. The third kappa shape index (κ3) is 2.48. The molecule has 1 aromatic heterocycles. The van der Waals surface area contributed by atoms with Crippen LogP contribution in [0.4, 0.5) is 0 Å². The van der Waals surface area contributed by atoms with Crippen LogP contribution >= 0.6 is 0 Å². The highest BCUT2D eigenvalue weighted by Gasteiger charge is 2.05. The second-order valence-corrected chi connectivity index (χ2v) is 3.62. The molecule has 0 fully saturated rings. The van der Waals surface area contributed by atoms with Crippen LogP contribution in [0.25, 0.3) is 0 Å². The second kappa shape index (κ2) is 4.61. The largest absolute Gasteiger partial charge is 0.364 e. The zero-order valence-corrected chi connectivity index (χ0v) is 8.81. The molecular formula is C12H13N3O. The van der Waals surface area contributed by atoms with E-state index in [2.05, 4.69) is 22.3 Å². The van der Waals surface area contributed by atoms with Crippen LogP contribution < -0.4 is 5.73 Å². The minimum absolute atomic E-state index is 0.364. The van der Waals surface area contributed by atoms with Crippen LogP contribution in [0.15, 0.2) is 36.4 Å². The predicted octanol–water partition coefficient (Wildman–Crippen LogP) is 1.29. The van der Waals surface area contributed by atoms with Crippen molar-refractivity contribution in [1.29, 1.82) is 0 Å². The predicted molar refractivity (Wildman–Crippen MR) is 61.0 cm³/mol. The van der Waals surface area contributed by atoms with Gasteiger partial charge in [0.05, 0.1) is 5.69 Å². The molecule has 0 aliphatic carbocycles. The standard InChI is InChI=1S/C12H13N3O/c13-12(16)11-8-10(14-15-11)7-6-9-4-2-1-3-5-9/h1-5,8H,6-7H2,(H2,13,16)(H,14,15). The van der Waals surface area contributed by atoms with Gasteiger partial charge in [0.25, 0.3) is 5.91 Å². The highest BCUT2D eigenvalue weighted by atomic mass is 16.1. The zero-order chi connectivity index (χ0) is 11.4. The molecule has 1 amide bonds. The van der Waals surface area contributed by atoms with Crippen LogP contribution in [-0.4, -0.2) is 16.1 Å². The molecule has 4 heteroatoms. The molecule has 0 aliphatic heterocycles. The first-order valence-electron chi connectivity index (χ1n) is 5.14. The Morgan fingerprint density at radius 2 is 2.00 bits per heavy atom. The number of carbonyl (C=O) groups is 1. The molecule has 82 valence electrons. The minimum atomic E-state index is -0.474. The number of hydrogen-bond donors (Lipinski definition) is 2. The SMILES string of the molecule is NC(=O)c1cc(CCc2ccccc2)n[nH]1. The molecule has 1 heterocycles. The number of hydrogen-bond acceptors (Lipinski definition) is 2. The molecule has 2 rings (SSSR count). The molecule has 0 aliphatic rings. The minimum Gasteiger partial charge on any atom is -0.364 e. The number of amides is 1. The van der Waals surface area contributed by atoms with Gasteiger partial charge in [-0.25, -0.2) is 0 Å². The first-order chi connectivity index (χ1) is 7.75. The molecule has 0 radical (unpaired) electrons. The van der Waals surface area contributed by atoms with E-state index in [4.69, 9.17) is 5.73 Å². The summed E-state index contributed by atoms with van der Waals surface area (Å²) in [7, 11) is 0. The fraction of sp³-hybridized carbons (Fsp3) is 0.167. The van der Waals surface area contributed by atoms with Gasteiger partial charge in [0.2, 0.25) is 0 Å². The van der Waals surface area contributed by atoms with Crippen molar-refractivity contribution in [2.24, 2.45) is 5.73 Å². The quantitative estimate of drug-likeness (QED) is 0.806. The summed E-state index contributed by atoms with van der Waals surface area (Å²) >= 11 is 0. The Balaban J connectivity index is 1.97. The second-order valence-electron chi connectivity index (χ2n) is 3.62. The number of carbonyl (C=O) groups excluding carboxylic acids is 1. The van der Waals surface area contributed by atoms with Gasteiger partial charge in [-0.1, -0.05) is 30.3 Å². The fourth-order valence-electron chi connectivity index (χ4n) is 1.53. The third-order valence-electron chi connectivity index (χ3n) is 2.41. The average molecular weight is 215 g/mol. The number of nitrogens with one attached hydrogen (secondary N) is 1. The molecule has 0 saturated heterocycles. The lowest BCUT2D eigenvalue weighted by Gasteiger charge is -1.97. The van der Waals surface area contributed by atoms with E-state index in [1.54, 1.807) is 6.07 Å². The van der Waals surface area contributed by atoms with Crippen molar-refractivity contribution in [2.75, 3.05) is 0 Å². The number of aryl methyl sites for hydroxylation is 2. The summed E-state index contributed by atoms with van der Waals surface area (Å²) < 4.78 is 0. The van der Waals surface area contributed by atoms with Gasteiger partial charge in [-0.3, -0.25) is 9.89 Å². The number of nitrogens with zero attached hydrogens (tertiary/aromatic N) is 1. The van der Waals surface area contributed by atoms with Crippen molar-refractivity contribution < 1.29 is 4.79 Å². The van der Waals surface area contributed by atoms with Crippen molar-refractivity contribution in [3.63, 3.8) is 0 Å². The van der Waals surface area contributed by atoms with Gasteiger partial charge in [0, 0.05) is 0 Å². The van der Waals surface area contributed by atoms with Gasteiger partial charge in [-0.05, 0) is 24.5 Å². The van der Waals surface area contributed by atoms with Crippen molar-refractivity contribution in [3.8, 4) is 0 Å². The van der Waals surface area contributed by atoms with Gasteiger partial charge in [-0.2, -0.15) is 5.10 Å². The maximum Gasteiger partial charge on any atom is 0.266 e. The van der Waals surface area contributed by atoms with E-state index in [9.17, 15) is 4.79 Å². The molecule has 2 aromatic rings. The number of rotatable bonds is 4. The maximum absolute atomic E-state index is 10.8. The van der Waals surface area contributed by atoms with E-state index in [-0.39, 0.29) is 0 Å². The summed E-state index contributed by atoms with van der Waals surface area (Å²) in [4.78, 5) is 10.8. The van der Waals surface area contributed by atoms with Gasteiger partial charge < -0.3 is 5.73 Å². The highest BCUT2D eigenvalue weighted by molar-refractivity contribution is 5.90. The Bertz CT molecular complexity index is 476. The lowest BCUT2D eigenvalue weighted by atomic mass is 10.1. The number of benzene rings is 1. The van der Waals surface area contributed by atoms with E-state index < -0.39 is 5.91 Å². The van der Waals surface area contributed by atoms with Crippen LogP contribution in [0.3, 0.4) is 0 Å². The summed E-state index contributed by atoms with van der Waals surface area (Å²) in [6.07, 6.45) is 1.71. The molecule has 0 unspecified atom stereocenters. The average Bonchev–Trinajstić information content (AvgIpc) is 2.76. The molecule has 4 nitrogen and oxygen atoms in total.